The summed E-state index contributed by atoms with van der Waals surface area (Å²) in [6.45, 7) is 4.85. The van der Waals surface area contributed by atoms with Gasteiger partial charge in [-0.2, -0.15) is 0 Å². The Kier molecular flexibility index (Phi) is 9.06. The van der Waals surface area contributed by atoms with E-state index < -0.39 is 22.3 Å². The van der Waals surface area contributed by atoms with Crippen LogP contribution in [0.5, 0.6) is 5.75 Å². The SMILES string of the molecule is CCCCC1(CCCC)CN(c2ccccc2)c2cc(Br)c(O/C=C/C(=O)O)cc2S(O)(O)N1. The van der Waals surface area contributed by atoms with E-state index in [-0.39, 0.29) is 0 Å². The van der Waals surface area contributed by atoms with E-state index in [1.54, 1.807) is 12.1 Å². The summed E-state index contributed by atoms with van der Waals surface area (Å²) >= 11 is 3.51. The lowest BCUT2D eigenvalue weighted by atomic mass is 9.87. The first-order chi connectivity index (χ1) is 16.2. The molecule has 0 amide bonds. The third kappa shape index (κ3) is 6.34. The number of anilines is 2. The first kappa shape index (κ1) is 26.6. The van der Waals surface area contributed by atoms with Gasteiger partial charge in [0, 0.05) is 18.3 Å². The highest BCUT2D eigenvalue weighted by atomic mass is 79.9. The summed E-state index contributed by atoms with van der Waals surface area (Å²) in [6, 6.07) is 13.3. The second-order valence-corrected chi connectivity index (χ2v) is 11.2. The van der Waals surface area contributed by atoms with Gasteiger partial charge < -0.3 is 14.7 Å². The monoisotopic (exact) mass is 552 g/mol. The third-order valence-corrected chi connectivity index (χ3v) is 8.20. The Balaban J connectivity index is 2.17. The highest BCUT2D eigenvalue weighted by Gasteiger charge is 2.42. The maximum atomic E-state index is 11.5. The Morgan fingerprint density at radius 1 is 1.18 bits per heavy atom. The smallest absolute Gasteiger partial charge is 0.331 e. The van der Waals surface area contributed by atoms with Crippen LogP contribution in [0, 0.1) is 0 Å². The van der Waals surface area contributed by atoms with Gasteiger partial charge in [0.1, 0.15) is 10.6 Å². The molecule has 0 saturated carbocycles. The van der Waals surface area contributed by atoms with Gasteiger partial charge in [0.05, 0.1) is 28.0 Å². The lowest BCUT2D eigenvalue weighted by Gasteiger charge is -2.43. The fourth-order valence-electron chi connectivity index (χ4n) is 4.25. The molecule has 0 aliphatic carbocycles. The molecule has 0 fully saturated rings. The molecule has 34 heavy (non-hydrogen) atoms. The Morgan fingerprint density at radius 3 is 2.41 bits per heavy atom. The molecule has 0 unspecified atom stereocenters. The topological polar surface area (TPSA) is 102 Å². The van der Waals surface area contributed by atoms with E-state index in [1.807, 2.05) is 30.3 Å². The molecule has 9 heteroatoms. The fourth-order valence-corrected chi connectivity index (χ4v) is 6.39. The van der Waals surface area contributed by atoms with Gasteiger partial charge in [-0.05, 0) is 47.0 Å². The lowest BCUT2D eigenvalue weighted by Crippen LogP contribution is -2.51. The number of halogens is 1. The van der Waals surface area contributed by atoms with Crippen molar-refractivity contribution in [2.45, 2.75) is 62.8 Å². The van der Waals surface area contributed by atoms with Crippen molar-refractivity contribution in [2.75, 3.05) is 11.4 Å². The number of rotatable bonds is 10. The molecule has 3 rings (SSSR count). The van der Waals surface area contributed by atoms with Crippen molar-refractivity contribution in [3.63, 3.8) is 0 Å². The number of carboxylic acids is 1. The van der Waals surface area contributed by atoms with Crippen LogP contribution in [0.15, 0.2) is 64.2 Å². The molecule has 0 bridgehead atoms. The molecule has 2 aromatic carbocycles. The van der Waals surface area contributed by atoms with Crippen LogP contribution in [0.2, 0.25) is 0 Å². The molecule has 0 spiro atoms. The van der Waals surface area contributed by atoms with Crippen molar-refractivity contribution in [1.82, 2.24) is 4.72 Å². The average molecular weight is 554 g/mol. The molecular weight excluding hydrogens is 520 g/mol. The van der Waals surface area contributed by atoms with Crippen LogP contribution in [0.1, 0.15) is 52.4 Å². The minimum Gasteiger partial charge on any atom is -0.478 e. The molecule has 2 aromatic rings. The highest BCUT2D eigenvalue weighted by molar-refractivity contribution is 9.10. The minimum absolute atomic E-state index is 0.292. The van der Waals surface area contributed by atoms with Gasteiger partial charge in [0.25, 0.3) is 0 Å². The second-order valence-electron chi connectivity index (χ2n) is 8.57. The number of para-hydroxylation sites is 1. The van der Waals surface area contributed by atoms with Crippen molar-refractivity contribution >= 4 is 44.0 Å². The van der Waals surface area contributed by atoms with E-state index in [9.17, 15) is 13.9 Å². The molecule has 0 radical (unpaired) electrons. The first-order valence-corrected chi connectivity index (χ1v) is 13.8. The molecule has 1 heterocycles. The normalized spacial score (nSPS) is 17.7. The zero-order chi connectivity index (χ0) is 24.8. The van der Waals surface area contributed by atoms with Gasteiger partial charge in [-0.3, -0.25) is 9.11 Å². The lowest BCUT2D eigenvalue weighted by molar-refractivity contribution is -0.131. The van der Waals surface area contributed by atoms with Gasteiger partial charge in [-0.25, -0.2) is 9.52 Å². The molecule has 7 nitrogen and oxygen atoms in total. The Hall–Kier alpha value is -2.04. The molecule has 4 N–H and O–H groups in total. The largest absolute Gasteiger partial charge is 0.478 e. The quantitative estimate of drug-likeness (QED) is 0.181. The molecule has 0 atom stereocenters. The van der Waals surface area contributed by atoms with Crippen LogP contribution in [0.4, 0.5) is 11.4 Å². The molecular formula is C25H33BrN2O5S. The summed E-state index contributed by atoms with van der Waals surface area (Å²) in [4.78, 5) is 13.3. The summed E-state index contributed by atoms with van der Waals surface area (Å²) in [6.07, 6.45) is 7.49. The van der Waals surface area contributed by atoms with E-state index in [1.165, 1.54) is 0 Å². The number of unbranched alkanes of at least 4 members (excludes halogenated alkanes) is 2. The van der Waals surface area contributed by atoms with Crippen LogP contribution in [0.3, 0.4) is 0 Å². The standard InChI is InChI=1S/C25H33BrN2O5S/c1-3-5-13-25(14-6-4-2)18-28(19-10-8-7-9-11-19)21-16-20(26)22(33-15-12-24(29)30)17-23(21)34(31,32)27-25/h7-12,15-17,27,31-32H,3-6,13-14,18H2,1-2H3,(H,29,30)/b15-12+. The minimum atomic E-state index is -3.40. The molecule has 186 valence electrons. The van der Waals surface area contributed by atoms with Gasteiger partial charge >= 0.3 is 5.97 Å². The number of nitrogens with one attached hydrogen (secondary N) is 1. The Morgan fingerprint density at radius 2 is 1.82 bits per heavy atom. The van der Waals surface area contributed by atoms with E-state index in [2.05, 4.69) is 39.4 Å². The van der Waals surface area contributed by atoms with Crippen LogP contribution < -0.4 is 14.4 Å². The number of benzene rings is 2. The van der Waals surface area contributed by atoms with Crippen molar-refractivity contribution in [1.29, 1.82) is 0 Å². The van der Waals surface area contributed by atoms with Gasteiger partial charge in [-0.15, -0.1) is 10.8 Å². The number of carbonyl (C=O) groups is 1. The molecule has 0 aromatic heterocycles. The maximum absolute atomic E-state index is 11.5. The van der Waals surface area contributed by atoms with Crippen LogP contribution in [-0.4, -0.2) is 32.3 Å². The summed E-state index contributed by atoms with van der Waals surface area (Å²) in [5.41, 5.74) is 1.11. The average Bonchev–Trinajstić information content (AvgIpc) is 2.89. The number of fused-ring (bicyclic) bond motifs is 1. The van der Waals surface area contributed by atoms with Crippen molar-refractivity contribution < 1.29 is 23.7 Å². The molecule has 0 saturated heterocycles. The predicted octanol–water partition coefficient (Wildman–Crippen LogP) is 7.31. The Bertz CT molecular complexity index is 1010. The van der Waals surface area contributed by atoms with Gasteiger partial charge in [-0.1, -0.05) is 57.7 Å². The van der Waals surface area contributed by atoms with E-state index in [0.29, 0.717) is 27.3 Å². The number of nitrogens with zero attached hydrogens (tertiary/aromatic N) is 1. The van der Waals surface area contributed by atoms with Crippen molar-refractivity contribution in [2.24, 2.45) is 0 Å². The van der Waals surface area contributed by atoms with E-state index in [0.717, 1.165) is 56.6 Å². The zero-order valence-electron chi connectivity index (χ0n) is 19.5. The second kappa shape index (κ2) is 11.6. The Labute approximate surface area is 211 Å². The summed E-state index contributed by atoms with van der Waals surface area (Å²) < 4.78 is 32.3. The van der Waals surface area contributed by atoms with Crippen LogP contribution >= 0.6 is 26.7 Å². The number of carboxylic acid groups (broad SMARTS) is 1. The van der Waals surface area contributed by atoms with Gasteiger partial charge in [0.15, 0.2) is 0 Å². The third-order valence-electron chi connectivity index (χ3n) is 5.92. The number of aliphatic carboxylic acids is 1. The van der Waals surface area contributed by atoms with Crippen molar-refractivity contribution in [3.8, 4) is 5.75 Å². The van der Waals surface area contributed by atoms with E-state index in [4.69, 9.17) is 9.84 Å². The highest BCUT2D eigenvalue weighted by Crippen LogP contribution is 2.57. The van der Waals surface area contributed by atoms with Gasteiger partial charge in [0.2, 0.25) is 0 Å². The maximum Gasteiger partial charge on any atom is 0.331 e. The fraction of sp³-hybridized carbons (Fsp3) is 0.400. The summed E-state index contributed by atoms with van der Waals surface area (Å²) in [5.74, 6) is -0.843. The summed E-state index contributed by atoms with van der Waals surface area (Å²) in [5, 5.41) is 8.86. The van der Waals surface area contributed by atoms with Crippen LogP contribution in [0.25, 0.3) is 0 Å². The zero-order valence-corrected chi connectivity index (χ0v) is 21.9. The number of hydrogen-bond acceptors (Lipinski definition) is 6. The van der Waals surface area contributed by atoms with Crippen molar-refractivity contribution in [3.05, 3.63) is 59.3 Å². The molecule has 1 aliphatic heterocycles. The van der Waals surface area contributed by atoms with Crippen LogP contribution in [-0.2, 0) is 4.79 Å². The first-order valence-electron chi connectivity index (χ1n) is 11.5. The predicted molar refractivity (Wildman–Crippen MR) is 141 cm³/mol. The molecule has 1 aliphatic rings. The van der Waals surface area contributed by atoms with E-state index >= 15 is 0 Å². The number of hydrogen-bond donors (Lipinski definition) is 4. The number of ether oxygens (including phenoxy) is 1. The summed E-state index contributed by atoms with van der Waals surface area (Å²) in [7, 11) is -3.40.